The van der Waals surface area contributed by atoms with Gasteiger partial charge in [0.25, 0.3) is 5.91 Å². The second kappa shape index (κ2) is 9.36. The van der Waals surface area contributed by atoms with Gasteiger partial charge in [-0.15, -0.1) is 0 Å². The zero-order valence-electron chi connectivity index (χ0n) is 17.5. The van der Waals surface area contributed by atoms with Gasteiger partial charge in [0.1, 0.15) is 17.2 Å². The third-order valence-corrected chi connectivity index (χ3v) is 5.30. The van der Waals surface area contributed by atoms with E-state index in [0.29, 0.717) is 17.9 Å². The first-order valence-electron chi connectivity index (χ1n) is 9.97. The van der Waals surface area contributed by atoms with Crippen LogP contribution in [0.1, 0.15) is 72.0 Å². The summed E-state index contributed by atoms with van der Waals surface area (Å²) in [7, 11) is 0. The molecule has 0 radical (unpaired) electrons. The third-order valence-electron chi connectivity index (χ3n) is 5.30. The van der Waals surface area contributed by atoms with Crippen LogP contribution < -0.4 is 10.7 Å². The van der Waals surface area contributed by atoms with Gasteiger partial charge in [-0.2, -0.15) is 5.26 Å². The molecule has 0 spiro atoms. The predicted octanol–water partition coefficient (Wildman–Crippen LogP) is 4.51. The Bertz CT molecular complexity index is 959. The molecule has 1 aromatic heterocycles. The van der Waals surface area contributed by atoms with Gasteiger partial charge in [0.05, 0.1) is 0 Å². The van der Waals surface area contributed by atoms with Crippen LogP contribution in [0.4, 0.5) is 5.69 Å². The molecule has 1 heterocycles. The van der Waals surface area contributed by atoms with E-state index in [1.54, 1.807) is 13.8 Å². The first kappa shape index (κ1) is 21.4. The number of unbranched alkanes of at least 4 members (excludes halogenated alkanes) is 1. The van der Waals surface area contributed by atoms with Crippen molar-refractivity contribution in [3.63, 3.8) is 0 Å². The van der Waals surface area contributed by atoms with E-state index < -0.39 is 11.3 Å². The van der Waals surface area contributed by atoms with E-state index in [4.69, 9.17) is 0 Å². The molecule has 0 aliphatic heterocycles. The number of hydrogen-bond acceptors (Lipinski definition) is 3. The fraction of sp³-hybridized carbons (Fsp3) is 0.435. The highest BCUT2D eigenvalue weighted by Gasteiger charge is 2.23. The first-order valence-corrected chi connectivity index (χ1v) is 9.97. The summed E-state index contributed by atoms with van der Waals surface area (Å²) in [5.74, 6) is -0.445. The lowest BCUT2D eigenvalue weighted by Crippen LogP contribution is -2.30. The topological polar surface area (TPSA) is 74.9 Å². The summed E-state index contributed by atoms with van der Waals surface area (Å²) in [5, 5.41) is 12.5. The minimum absolute atomic E-state index is 0.0475. The molecule has 1 amide bonds. The number of aromatic nitrogens is 1. The minimum Gasteiger partial charge on any atom is -0.347 e. The van der Waals surface area contributed by atoms with E-state index in [2.05, 4.69) is 12.2 Å². The van der Waals surface area contributed by atoms with Crippen molar-refractivity contribution in [1.82, 2.24) is 4.57 Å². The largest absolute Gasteiger partial charge is 0.347 e. The Morgan fingerprint density at radius 1 is 1.11 bits per heavy atom. The van der Waals surface area contributed by atoms with Crippen LogP contribution in [0.5, 0.6) is 0 Å². The minimum atomic E-state index is -0.491. The Balaban J connectivity index is 2.61. The van der Waals surface area contributed by atoms with Gasteiger partial charge in [-0.25, -0.2) is 0 Å². The van der Waals surface area contributed by atoms with Crippen molar-refractivity contribution >= 4 is 11.6 Å². The van der Waals surface area contributed by atoms with E-state index in [-0.39, 0.29) is 11.1 Å². The number of para-hydroxylation sites is 1. The Hall–Kier alpha value is -2.87. The molecule has 1 aromatic carbocycles. The molecule has 0 bridgehead atoms. The molecule has 0 aliphatic rings. The number of nitrogens with zero attached hydrogens (tertiary/aromatic N) is 2. The van der Waals surface area contributed by atoms with Crippen LogP contribution in [-0.2, 0) is 19.4 Å². The highest BCUT2D eigenvalue weighted by atomic mass is 16.2. The number of benzene rings is 1. The number of carbonyl (C=O) groups is 1. The molecule has 0 aliphatic carbocycles. The summed E-state index contributed by atoms with van der Waals surface area (Å²) >= 11 is 0. The van der Waals surface area contributed by atoms with Gasteiger partial charge in [-0.1, -0.05) is 45.4 Å². The van der Waals surface area contributed by atoms with E-state index in [9.17, 15) is 14.9 Å². The summed E-state index contributed by atoms with van der Waals surface area (Å²) in [6.45, 7) is 10.4. The van der Waals surface area contributed by atoms with Crippen molar-refractivity contribution in [2.45, 2.75) is 66.8 Å². The predicted molar refractivity (Wildman–Crippen MR) is 113 cm³/mol. The summed E-state index contributed by atoms with van der Waals surface area (Å²) in [4.78, 5) is 26.1. The van der Waals surface area contributed by atoms with Crippen LogP contribution in [0.2, 0.25) is 0 Å². The van der Waals surface area contributed by atoms with E-state index in [1.807, 2.05) is 42.7 Å². The molecule has 0 fully saturated rings. The average molecular weight is 380 g/mol. The number of hydrogen-bond donors (Lipinski definition) is 1. The molecule has 5 nitrogen and oxygen atoms in total. The zero-order valence-corrected chi connectivity index (χ0v) is 17.5. The highest BCUT2D eigenvalue weighted by Crippen LogP contribution is 2.24. The van der Waals surface area contributed by atoms with E-state index in [1.165, 1.54) is 0 Å². The third kappa shape index (κ3) is 4.01. The first-order chi connectivity index (χ1) is 13.4. The SMILES string of the molecule is CCCCn1c(C)c(C#N)c(=O)c(C(=O)Nc2c(CC)cccc2CC)c1C. The second-order valence-electron chi connectivity index (χ2n) is 6.98. The molecule has 5 heteroatoms. The fourth-order valence-corrected chi connectivity index (χ4v) is 3.60. The van der Waals surface area contributed by atoms with Crippen LogP contribution in [0.3, 0.4) is 0 Å². The van der Waals surface area contributed by atoms with Gasteiger partial charge in [0, 0.05) is 23.6 Å². The maximum Gasteiger partial charge on any atom is 0.261 e. The Morgan fingerprint density at radius 2 is 1.71 bits per heavy atom. The molecular weight excluding hydrogens is 350 g/mol. The molecule has 0 atom stereocenters. The monoisotopic (exact) mass is 379 g/mol. The van der Waals surface area contributed by atoms with E-state index >= 15 is 0 Å². The lowest BCUT2D eigenvalue weighted by molar-refractivity contribution is 0.102. The number of nitrogens with one attached hydrogen (secondary N) is 1. The van der Waals surface area contributed by atoms with Crippen molar-refractivity contribution in [3.05, 3.63) is 62.1 Å². The van der Waals surface area contributed by atoms with Crippen molar-refractivity contribution < 1.29 is 4.79 Å². The summed E-state index contributed by atoms with van der Waals surface area (Å²) in [6.07, 6.45) is 3.45. The fourth-order valence-electron chi connectivity index (χ4n) is 3.60. The van der Waals surface area contributed by atoms with Gasteiger partial charge in [0.15, 0.2) is 0 Å². The van der Waals surface area contributed by atoms with Crippen LogP contribution >= 0.6 is 0 Å². The number of nitriles is 1. The molecule has 0 saturated carbocycles. The number of rotatable bonds is 7. The van der Waals surface area contributed by atoms with Crippen LogP contribution in [-0.4, -0.2) is 10.5 Å². The molecule has 1 N–H and O–H groups in total. The lowest BCUT2D eigenvalue weighted by Gasteiger charge is -2.20. The molecule has 0 unspecified atom stereocenters. The molecule has 2 aromatic rings. The number of carbonyl (C=O) groups excluding carboxylic acids is 1. The van der Waals surface area contributed by atoms with Crippen LogP contribution in [0.25, 0.3) is 0 Å². The smallest absolute Gasteiger partial charge is 0.261 e. The normalized spacial score (nSPS) is 10.6. The van der Waals surface area contributed by atoms with Gasteiger partial charge in [-0.3, -0.25) is 9.59 Å². The maximum absolute atomic E-state index is 13.2. The standard InChI is InChI=1S/C23H29N3O2/c1-6-9-13-26-15(4)19(14-24)22(27)20(16(26)5)23(28)25-21-17(7-2)11-10-12-18(21)8-3/h10-12H,6-9,13H2,1-5H3,(H,25,28). The Morgan fingerprint density at radius 3 is 2.21 bits per heavy atom. The molecule has 28 heavy (non-hydrogen) atoms. The lowest BCUT2D eigenvalue weighted by atomic mass is 10.0. The number of aryl methyl sites for hydroxylation is 2. The van der Waals surface area contributed by atoms with E-state index in [0.717, 1.165) is 42.5 Å². The van der Waals surface area contributed by atoms with Gasteiger partial charge in [0.2, 0.25) is 5.43 Å². The van der Waals surface area contributed by atoms with Crippen molar-refractivity contribution in [2.75, 3.05) is 5.32 Å². The quantitative estimate of drug-likeness (QED) is 0.769. The summed E-state index contributed by atoms with van der Waals surface area (Å²) < 4.78 is 1.92. The average Bonchev–Trinajstić information content (AvgIpc) is 2.68. The number of anilines is 1. The highest BCUT2D eigenvalue weighted by molar-refractivity contribution is 6.06. The van der Waals surface area contributed by atoms with Crippen LogP contribution in [0.15, 0.2) is 23.0 Å². The number of amides is 1. The summed E-state index contributed by atoms with van der Waals surface area (Å²) in [5.41, 5.74) is 3.69. The van der Waals surface area contributed by atoms with Gasteiger partial charge in [-0.05, 0) is 44.2 Å². The molecule has 2 rings (SSSR count). The van der Waals surface area contributed by atoms with Crippen molar-refractivity contribution in [1.29, 1.82) is 5.26 Å². The second-order valence-corrected chi connectivity index (χ2v) is 6.98. The molecule has 0 saturated heterocycles. The maximum atomic E-state index is 13.2. The molecule has 148 valence electrons. The zero-order chi connectivity index (χ0) is 20.8. The van der Waals surface area contributed by atoms with Gasteiger partial charge < -0.3 is 9.88 Å². The number of pyridine rings is 1. The van der Waals surface area contributed by atoms with Crippen LogP contribution in [0, 0.1) is 25.2 Å². The van der Waals surface area contributed by atoms with Gasteiger partial charge >= 0.3 is 0 Å². The van der Waals surface area contributed by atoms with Crippen molar-refractivity contribution in [2.24, 2.45) is 0 Å². The Kier molecular flexibility index (Phi) is 7.17. The molecular formula is C23H29N3O2. The summed E-state index contributed by atoms with van der Waals surface area (Å²) in [6, 6.07) is 7.95. The van der Waals surface area contributed by atoms with Crippen molar-refractivity contribution in [3.8, 4) is 6.07 Å². The Labute approximate surface area is 167 Å².